The van der Waals surface area contributed by atoms with E-state index < -0.39 is 4.92 Å². The van der Waals surface area contributed by atoms with Gasteiger partial charge in [0.05, 0.1) is 37.7 Å². The molecule has 0 bridgehead atoms. The van der Waals surface area contributed by atoms with Gasteiger partial charge in [-0.2, -0.15) is 5.10 Å². The molecule has 0 radical (unpaired) electrons. The van der Waals surface area contributed by atoms with Gasteiger partial charge in [0.1, 0.15) is 5.75 Å². The van der Waals surface area contributed by atoms with Gasteiger partial charge >= 0.3 is 5.69 Å². The molecule has 2 rings (SSSR count). The fourth-order valence-electron chi connectivity index (χ4n) is 2.67. The number of methoxy groups -OCH3 is 2. The van der Waals surface area contributed by atoms with Crippen molar-refractivity contribution in [3.8, 4) is 17.2 Å². The topological polar surface area (TPSA) is 95.2 Å². The van der Waals surface area contributed by atoms with Gasteiger partial charge < -0.3 is 14.2 Å². The lowest BCUT2D eigenvalue weighted by Gasteiger charge is -2.12. The van der Waals surface area contributed by atoms with Crippen LogP contribution in [0.25, 0.3) is 0 Å². The highest BCUT2D eigenvalue weighted by molar-refractivity contribution is 5.83. The van der Waals surface area contributed by atoms with E-state index in [9.17, 15) is 10.1 Å². The number of nitro groups is 1. The van der Waals surface area contributed by atoms with Crippen LogP contribution in [0.5, 0.6) is 17.2 Å². The molecule has 0 atom stereocenters. The van der Waals surface area contributed by atoms with Crippen LogP contribution >= 0.6 is 0 Å². The van der Waals surface area contributed by atoms with Crippen LogP contribution in [0.15, 0.2) is 41.5 Å². The van der Waals surface area contributed by atoms with Crippen LogP contribution < -0.4 is 19.6 Å². The number of benzene rings is 2. The standard InChI is InChI=1S/C21H27N3O5/c1-4-5-6-7-12-29-21-19(24(25)26)13-16(14-20(21)28-3)15-22-23-17-8-10-18(27-2)11-9-17/h8-11,13-15,23H,4-7,12H2,1-3H3/b22-15+. The Bertz CT molecular complexity index is 822. The maximum atomic E-state index is 11.5. The smallest absolute Gasteiger partial charge is 0.315 e. The summed E-state index contributed by atoms with van der Waals surface area (Å²) in [6.45, 7) is 2.53. The Balaban J connectivity index is 2.13. The molecule has 0 fully saturated rings. The quantitative estimate of drug-likeness (QED) is 0.232. The van der Waals surface area contributed by atoms with E-state index >= 15 is 0 Å². The first-order chi connectivity index (χ1) is 14.1. The number of nitrogens with one attached hydrogen (secondary N) is 1. The van der Waals surface area contributed by atoms with Crippen LogP contribution in [0.1, 0.15) is 38.2 Å². The van der Waals surface area contributed by atoms with Crippen LogP contribution in [0.4, 0.5) is 11.4 Å². The second kappa shape index (κ2) is 11.5. The van der Waals surface area contributed by atoms with Gasteiger partial charge in [0.15, 0.2) is 5.75 Å². The SMILES string of the molecule is CCCCCCOc1c(OC)cc(/C=N/Nc2ccc(OC)cc2)cc1[N+](=O)[O-]. The molecular weight excluding hydrogens is 374 g/mol. The van der Waals surface area contributed by atoms with Crippen molar-refractivity contribution in [2.24, 2.45) is 5.10 Å². The zero-order valence-corrected chi connectivity index (χ0v) is 17.0. The summed E-state index contributed by atoms with van der Waals surface area (Å²) >= 11 is 0. The highest BCUT2D eigenvalue weighted by Gasteiger charge is 2.22. The van der Waals surface area contributed by atoms with Crippen LogP contribution in [-0.4, -0.2) is 32.0 Å². The summed E-state index contributed by atoms with van der Waals surface area (Å²) in [6, 6.07) is 10.3. The molecule has 0 aliphatic rings. The summed E-state index contributed by atoms with van der Waals surface area (Å²) in [6.07, 6.45) is 5.57. The lowest BCUT2D eigenvalue weighted by Crippen LogP contribution is -2.04. The van der Waals surface area contributed by atoms with Crippen molar-refractivity contribution in [1.82, 2.24) is 0 Å². The molecule has 0 spiro atoms. The molecule has 29 heavy (non-hydrogen) atoms. The molecule has 0 unspecified atom stereocenters. The van der Waals surface area contributed by atoms with Crippen LogP contribution in [0.2, 0.25) is 0 Å². The Morgan fingerprint density at radius 3 is 2.48 bits per heavy atom. The Labute approximate surface area is 170 Å². The van der Waals surface area contributed by atoms with E-state index in [-0.39, 0.29) is 11.4 Å². The molecule has 0 aromatic heterocycles. The minimum absolute atomic E-state index is 0.147. The van der Waals surface area contributed by atoms with E-state index in [1.807, 2.05) is 12.1 Å². The molecule has 156 valence electrons. The minimum atomic E-state index is -0.474. The van der Waals surface area contributed by atoms with E-state index in [2.05, 4.69) is 17.5 Å². The van der Waals surface area contributed by atoms with Crippen molar-refractivity contribution in [2.45, 2.75) is 32.6 Å². The lowest BCUT2D eigenvalue weighted by atomic mass is 10.1. The van der Waals surface area contributed by atoms with Gasteiger partial charge in [-0.05, 0) is 36.8 Å². The Hall–Kier alpha value is -3.29. The fourth-order valence-corrected chi connectivity index (χ4v) is 2.67. The third-order valence-corrected chi connectivity index (χ3v) is 4.22. The fraction of sp³-hybridized carbons (Fsp3) is 0.381. The number of anilines is 1. The molecule has 8 heteroatoms. The number of hydrazone groups is 1. The molecule has 0 amide bonds. The molecule has 2 aromatic carbocycles. The van der Waals surface area contributed by atoms with Crippen LogP contribution in [-0.2, 0) is 0 Å². The van der Waals surface area contributed by atoms with Gasteiger partial charge in [-0.3, -0.25) is 15.5 Å². The highest BCUT2D eigenvalue weighted by atomic mass is 16.6. The monoisotopic (exact) mass is 401 g/mol. The predicted octanol–water partition coefficient (Wildman–Crippen LogP) is 5.02. The van der Waals surface area contributed by atoms with Gasteiger partial charge in [0, 0.05) is 11.6 Å². The average molecular weight is 401 g/mol. The number of hydrogen-bond acceptors (Lipinski definition) is 7. The van der Waals surface area contributed by atoms with Crippen molar-refractivity contribution in [1.29, 1.82) is 0 Å². The summed E-state index contributed by atoms with van der Waals surface area (Å²) in [5, 5.41) is 15.7. The normalized spacial score (nSPS) is 10.7. The molecular formula is C21H27N3O5. The summed E-state index contributed by atoms with van der Waals surface area (Å²) < 4.78 is 16.1. The Morgan fingerprint density at radius 2 is 1.86 bits per heavy atom. The summed E-state index contributed by atoms with van der Waals surface area (Å²) in [4.78, 5) is 11.1. The molecule has 0 aliphatic heterocycles. The maximum Gasteiger partial charge on any atom is 0.315 e. The maximum absolute atomic E-state index is 11.5. The van der Waals surface area contributed by atoms with Crippen molar-refractivity contribution in [2.75, 3.05) is 26.3 Å². The van der Waals surface area contributed by atoms with Gasteiger partial charge in [-0.15, -0.1) is 0 Å². The molecule has 0 saturated carbocycles. The summed E-state index contributed by atoms with van der Waals surface area (Å²) in [7, 11) is 3.05. The molecule has 0 saturated heterocycles. The number of ether oxygens (including phenoxy) is 3. The number of nitro benzene ring substituents is 1. The first kappa shape index (κ1) is 22.0. The van der Waals surface area contributed by atoms with Crippen molar-refractivity contribution in [3.05, 3.63) is 52.1 Å². The molecule has 1 N–H and O–H groups in total. The first-order valence-corrected chi connectivity index (χ1v) is 9.51. The minimum Gasteiger partial charge on any atom is -0.497 e. The largest absolute Gasteiger partial charge is 0.497 e. The number of nitrogens with zero attached hydrogens (tertiary/aromatic N) is 2. The van der Waals surface area contributed by atoms with Gasteiger partial charge in [-0.1, -0.05) is 26.2 Å². The van der Waals surface area contributed by atoms with E-state index in [1.165, 1.54) is 19.4 Å². The summed E-state index contributed by atoms with van der Waals surface area (Å²) in [5.41, 5.74) is 4.00. The zero-order valence-electron chi connectivity index (χ0n) is 17.0. The predicted molar refractivity (Wildman–Crippen MR) is 113 cm³/mol. The third kappa shape index (κ3) is 6.67. The van der Waals surface area contributed by atoms with Gasteiger partial charge in [0.25, 0.3) is 0 Å². The first-order valence-electron chi connectivity index (χ1n) is 9.51. The van der Waals surface area contributed by atoms with Crippen LogP contribution in [0.3, 0.4) is 0 Å². The third-order valence-electron chi connectivity index (χ3n) is 4.22. The Kier molecular flexibility index (Phi) is 8.75. The van der Waals surface area contributed by atoms with Gasteiger partial charge in [-0.25, -0.2) is 0 Å². The number of hydrogen-bond donors (Lipinski definition) is 1. The lowest BCUT2D eigenvalue weighted by molar-refractivity contribution is -0.386. The number of rotatable bonds is 12. The van der Waals surface area contributed by atoms with E-state index in [1.54, 1.807) is 25.3 Å². The van der Waals surface area contributed by atoms with E-state index in [0.29, 0.717) is 17.9 Å². The summed E-state index contributed by atoms with van der Waals surface area (Å²) in [5.74, 6) is 1.19. The highest BCUT2D eigenvalue weighted by Crippen LogP contribution is 2.38. The Morgan fingerprint density at radius 1 is 1.10 bits per heavy atom. The second-order valence-electron chi connectivity index (χ2n) is 6.34. The second-order valence-corrected chi connectivity index (χ2v) is 6.34. The van der Waals surface area contributed by atoms with Crippen LogP contribution in [0, 0.1) is 10.1 Å². The average Bonchev–Trinajstić information content (AvgIpc) is 2.74. The van der Waals surface area contributed by atoms with E-state index in [4.69, 9.17) is 14.2 Å². The van der Waals surface area contributed by atoms with E-state index in [0.717, 1.165) is 37.1 Å². The molecule has 0 aliphatic carbocycles. The number of unbranched alkanes of at least 4 members (excludes halogenated alkanes) is 3. The molecule has 8 nitrogen and oxygen atoms in total. The zero-order chi connectivity index (χ0) is 21.1. The van der Waals surface area contributed by atoms with Crippen molar-refractivity contribution in [3.63, 3.8) is 0 Å². The molecule has 0 heterocycles. The van der Waals surface area contributed by atoms with Gasteiger partial charge in [0.2, 0.25) is 5.75 Å². The van der Waals surface area contributed by atoms with Crippen molar-refractivity contribution < 1.29 is 19.1 Å². The van der Waals surface area contributed by atoms with Crippen molar-refractivity contribution >= 4 is 17.6 Å². The molecule has 2 aromatic rings.